The van der Waals surface area contributed by atoms with Gasteiger partial charge in [0.05, 0.1) is 18.5 Å². The Balaban J connectivity index is 1.26. The molecule has 1 N–H and O–H groups in total. The van der Waals surface area contributed by atoms with Crippen LogP contribution in [-0.4, -0.2) is 33.7 Å². The maximum Gasteiger partial charge on any atom is 0.223 e. The maximum atomic E-state index is 12.5. The third-order valence-electron chi connectivity index (χ3n) is 5.06. The van der Waals surface area contributed by atoms with Crippen molar-refractivity contribution in [3.63, 3.8) is 0 Å². The number of nitrogens with zero attached hydrogens (tertiary/aromatic N) is 3. The summed E-state index contributed by atoms with van der Waals surface area (Å²) < 4.78 is 7.23. The number of aromatic nitrogens is 2. The van der Waals surface area contributed by atoms with Gasteiger partial charge in [-0.2, -0.15) is 5.10 Å². The van der Waals surface area contributed by atoms with E-state index in [1.54, 1.807) is 12.5 Å². The van der Waals surface area contributed by atoms with E-state index in [1.165, 1.54) is 0 Å². The minimum atomic E-state index is 0.0900. The lowest BCUT2D eigenvalue weighted by Crippen LogP contribution is -2.40. The van der Waals surface area contributed by atoms with Crippen molar-refractivity contribution in [3.05, 3.63) is 72.4 Å². The Hall–Kier alpha value is -2.86. The van der Waals surface area contributed by atoms with Gasteiger partial charge in [-0.25, -0.2) is 4.68 Å². The summed E-state index contributed by atoms with van der Waals surface area (Å²) in [5.74, 6) is 1.22. The first kappa shape index (κ1) is 17.5. The molecule has 1 saturated heterocycles. The number of furan rings is 1. The molecule has 6 heteroatoms. The van der Waals surface area contributed by atoms with E-state index in [0.29, 0.717) is 6.54 Å². The van der Waals surface area contributed by atoms with Crippen LogP contribution in [0.1, 0.15) is 24.2 Å². The zero-order valence-electron chi connectivity index (χ0n) is 15.3. The quantitative estimate of drug-likeness (QED) is 0.730. The maximum absolute atomic E-state index is 12.5. The molecule has 0 atom stereocenters. The lowest BCUT2D eigenvalue weighted by molar-refractivity contribution is -0.126. The number of hydrogen-bond acceptors (Lipinski definition) is 4. The summed E-state index contributed by atoms with van der Waals surface area (Å²) in [4.78, 5) is 14.9. The van der Waals surface area contributed by atoms with E-state index in [9.17, 15) is 4.79 Å². The topological polar surface area (TPSA) is 63.3 Å². The molecule has 0 radical (unpaired) electrons. The summed E-state index contributed by atoms with van der Waals surface area (Å²) in [6.07, 6.45) is 7.15. The van der Waals surface area contributed by atoms with Gasteiger partial charge in [0.15, 0.2) is 0 Å². The van der Waals surface area contributed by atoms with Gasteiger partial charge in [0.2, 0.25) is 5.91 Å². The smallest absolute Gasteiger partial charge is 0.223 e. The number of piperidine rings is 1. The highest BCUT2D eigenvalue weighted by atomic mass is 16.3. The van der Waals surface area contributed by atoms with Crippen molar-refractivity contribution in [3.8, 4) is 5.69 Å². The van der Waals surface area contributed by atoms with Crippen LogP contribution in [0.15, 0.2) is 65.5 Å². The van der Waals surface area contributed by atoms with Gasteiger partial charge in [0.1, 0.15) is 5.76 Å². The predicted octanol–water partition coefficient (Wildman–Crippen LogP) is 2.99. The number of amides is 1. The van der Waals surface area contributed by atoms with Gasteiger partial charge in [-0.15, -0.1) is 0 Å². The molecule has 1 fully saturated rings. The summed E-state index contributed by atoms with van der Waals surface area (Å²) in [7, 11) is 0. The summed E-state index contributed by atoms with van der Waals surface area (Å²) in [5, 5.41) is 7.34. The van der Waals surface area contributed by atoms with Gasteiger partial charge in [0, 0.05) is 24.9 Å². The van der Waals surface area contributed by atoms with Gasteiger partial charge < -0.3 is 9.73 Å². The van der Waals surface area contributed by atoms with Crippen molar-refractivity contribution >= 4 is 5.91 Å². The van der Waals surface area contributed by atoms with Crippen LogP contribution in [0.3, 0.4) is 0 Å². The molecule has 0 spiro atoms. The predicted molar refractivity (Wildman–Crippen MR) is 102 cm³/mol. The molecule has 6 nitrogen and oxygen atoms in total. The average Bonchev–Trinajstić information content (AvgIpc) is 3.41. The third kappa shape index (κ3) is 4.46. The molecule has 3 heterocycles. The molecule has 2 aromatic heterocycles. The first-order chi connectivity index (χ1) is 13.3. The van der Waals surface area contributed by atoms with Gasteiger partial charge in [-0.3, -0.25) is 9.69 Å². The first-order valence-electron chi connectivity index (χ1n) is 9.39. The van der Waals surface area contributed by atoms with Crippen molar-refractivity contribution in [1.29, 1.82) is 0 Å². The van der Waals surface area contributed by atoms with E-state index in [2.05, 4.69) is 21.4 Å². The molecule has 4 rings (SSSR count). The van der Waals surface area contributed by atoms with Crippen molar-refractivity contribution in [1.82, 2.24) is 20.0 Å². The number of carbonyl (C=O) groups is 1. The molecular weight excluding hydrogens is 340 g/mol. The summed E-state index contributed by atoms with van der Waals surface area (Å²) >= 11 is 0. The molecular formula is C21H24N4O2. The normalized spacial score (nSPS) is 15.7. The fourth-order valence-electron chi connectivity index (χ4n) is 3.54. The largest absolute Gasteiger partial charge is 0.468 e. The van der Waals surface area contributed by atoms with E-state index < -0.39 is 0 Å². The third-order valence-corrected chi connectivity index (χ3v) is 5.06. The Labute approximate surface area is 158 Å². The highest BCUT2D eigenvalue weighted by Crippen LogP contribution is 2.19. The first-order valence-corrected chi connectivity index (χ1v) is 9.39. The Bertz CT molecular complexity index is 850. The minimum Gasteiger partial charge on any atom is -0.468 e. The van der Waals surface area contributed by atoms with Crippen LogP contribution in [0.5, 0.6) is 0 Å². The number of nitrogens with one attached hydrogen (secondary N) is 1. The van der Waals surface area contributed by atoms with E-state index in [1.807, 2.05) is 47.3 Å². The summed E-state index contributed by atoms with van der Waals surface area (Å²) in [5.41, 5.74) is 2.07. The zero-order chi connectivity index (χ0) is 18.5. The zero-order valence-corrected chi connectivity index (χ0v) is 15.3. The molecule has 0 aliphatic carbocycles. The van der Waals surface area contributed by atoms with Crippen LogP contribution in [-0.2, 0) is 17.9 Å². The molecule has 0 saturated carbocycles. The van der Waals surface area contributed by atoms with E-state index in [4.69, 9.17) is 4.42 Å². The number of hydrogen-bond donors (Lipinski definition) is 1. The fraction of sp³-hybridized carbons (Fsp3) is 0.333. The molecule has 27 heavy (non-hydrogen) atoms. The number of rotatable bonds is 6. The van der Waals surface area contributed by atoms with Crippen molar-refractivity contribution in [2.24, 2.45) is 5.92 Å². The summed E-state index contributed by atoms with van der Waals surface area (Å²) in [6, 6.07) is 13.9. The van der Waals surface area contributed by atoms with Crippen molar-refractivity contribution in [2.45, 2.75) is 25.9 Å². The minimum absolute atomic E-state index is 0.0900. The molecule has 1 aliphatic heterocycles. The van der Waals surface area contributed by atoms with Crippen LogP contribution in [0, 0.1) is 5.92 Å². The lowest BCUT2D eigenvalue weighted by atomic mass is 9.95. The molecule has 1 aliphatic rings. The Morgan fingerprint density at radius 2 is 2.07 bits per heavy atom. The lowest BCUT2D eigenvalue weighted by Gasteiger charge is -2.30. The van der Waals surface area contributed by atoms with Crippen LogP contribution in [0.2, 0.25) is 0 Å². The standard InChI is InChI=1S/C21H24N4O2/c26-21(18-7-11-24(12-8-18)16-20-6-2-13-27-20)22-15-17-4-1-5-19(14-17)25-10-3-9-23-25/h1-6,9-10,13-14,18H,7-8,11-12,15-16H2,(H,22,26). The number of likely N-dealkylation sites (tertiary alicyclic amines) is 1. The van der Waals surface area contributed by atoms with Crippen LogP contribution < -0.4 is 5.32 Å². The van der Waals surface area contributed by atoms with Gasteiger partial charge >= 0.3 is 0 Å². The molecule has 0 bridgehead atoms. The van der Waals surface area contributed by atoms with Crippen molar-refractivity contribution < 1.29 is 9.21 Å². The van der Waals surface area contributed by atoms with Gasteiger partial charge in [-0.1, -0.05) is 12.1 Å². The SMILES string of the molecule is O=C(NCc1cccc(-n2cccn2)c1)C1CCN(Cc2ccco2)CC1. The van der Waals surface area contributed by atoms with Gasteiger partial charge in [0.25, 0.3) is 0 Å². The second-order valence-electron chi connectivity index (χ2n) is 6.97. The monoisotopic (exact) mass is 364 g/mol. The average molecular weight is 364 g/mol. The van der Waals surface area contributed by atoms with Crippen LogP contribution in [0.25, 0.3) is 5.69 Å². The van der Waals surface area contributed by atoms with Crippen molar-refractivity contribution in [2.75, 3.05) is 13.1 Å². The Kier molecular flexibility index (Phi) is 5.34. The molecule has 3 aromatic rings. The Morgan fingerprint density at radius 1 is 1.19 bits per heavy atom. The van der Waals surface area contributed by atoms with Crippen LogP contribution in [0.4, 0.5) is 0 Å². The van der Waals surface area contributed by atoms with E-state index in [-0.39, 0.29) is 11.8 Å². The highest BCUT2D eigenvalue weighted by molar-refractivity contribution is 5.78. The number of benzene rings is 1. The van der Waals surface area contributed by atoms with E-state index in [0.717, 1.165) is 49.5 Å². The second-order valence-corrected chi connectivity index (χ2v) is 6.97. The number of carbonyl (C=O) groups excluding carboxylic acids is 1. The second kappa shape index (κ2) is 8.22. The fourth-order valence-corrected chi connectivity index (χ4v) is 3.54. The Morgan fingerprint density at radius 3 is 2.81 bits per heavy atom. The molecule has 1 aromatic carbocycles. The summed E-state index contributed by atoms with van der Waals surface area (Å²) in [6.45, 7) is 3.21. The van der Waals surface area contributed by atoms with Gasteiger partial charge in [-0.05, 0) is 61.8 Å². The van der Waals surface area contributed by atoms with Crippen LogP contribution >= 0.6 is 0 Å². The molecule has 140 valence electrons. The highest BCUT2D eigenvalue weighted by Gasteiger charge is 2.25. The van der Waals surface area contributed by atoms with E-state index >= 15 is 0 Å². The molecule has 1 amide bonds. The molecule has 0 unspecified atom stereocenters.